The van der Waals surface area contributed by atoms with Gasteiger partial charge in [0.05, 0.1) is 10.7 Å². The molecule has 4 heteroatoms. The normalized spacial score (nSPS) is 10.9. The summed E-state index contributed by atoms with van der Waals surface area (Å²) in [6.07, 6.45) is 3.66. The SMILES string of the molecule is Fc1ccc(-c2cn3cc(Cl)ccc3n2)cc1. The minimum absolute atomic E-state index is 0.249. The Hall–Kier alpha value is -1.87. The number of rotatable bonds is 1. The van der Waals surface area contributed by atoms with E-state index < -0.39 is 0 Å². The van der Waals surface area contributed by atoms with E-state index in [1.807, 2.05) is 16.7 Å². The molecule has 0 N–H and O–H groups in total. The third-order valence-corrected chi connectivity index (χ3v) is 2.78. The van der Waals surface area contributed by atoms with Crippen LogP contribution in [0.3, 0.4) is 0 Å². The number of halogens is 2. The van der Waals surface area contributed by atoms with Gasteiger partial charge in [0, 0.05) is 18.0 Å². The molecule has 0 spiro atoms. The standard InChI is InChI=1S/C13H8ClFN2/c14-10-3-6-13-16-12(8-17(13)7-10)9-1-4-11(15)5-2-9/h1-8H. The number of benzene rings is 1. The van der Waals surface area contributed by atoms with E-state index in [1.165, 1.54) is 12.1 Å². The molecule has 0 atom stereocenters. The monoisotopic (exact) mass is 246 g/mol. The van der Waals surface area contributed by atoms with Gasteiger partial charge in [-0.25, -0.2) is 9.37 Å². The van der Waals surface area contributed by atoms with Gasteiger partial charge < -0.3 is 4.40 Å². The Morgan fingerprint density at radius 3 is 2.53 bits per heavy atom. The number of hydrogen-bond acceptors (Lipinski definition) is 1. The van der Waals surface area contributed by atoms with Crippen molar-refractivity contribution in [1.29, 1.82) is 0 Å². The zero-order chi connectivity index (χ0) is 11.8. The van der Waals surface area contributed by atoms with E-state index in [4.69, 9.17) is 11.6 Å². The van der Waals surface area contributed by atoms with Gasteiger partial charge in [-0.2, -0.15) is 0 Å². The molecular formula is C13H8ClFN2. The van der Waals surface area contributed by atoms with Crippen LogP contribution < -0.4 is 0 Å². The maximum atomic E-state index is 12.8. The molecule has 0 aliphatic carbocycles. The predicted octanol–water partition coefficient (Wildman–Crippen LogP) is 3.79. The molecule has 0 aliphatic heterocycles. The van der Waals surface area contributed by atoms with Gasteiger partial charge in [-0.15, -0.1) is 0 Å². The number of hydrogen-bond donors (Lipinski definition) is 0. The number of imidazole rings is 1. The molecule has 2 aromatic heterocycles. The van der Waals surface area contributed by atoms with Crippen molar-refractivity contribution in [3.63, 3.8) is 0 Å². The molecule has 17 heavy (non-hydrogen) atoms. The van der Waals surface area contributed by atoms with E-state index in [0.29, 0.717) is 5.02 Å². The van der Waals surface area contributed by atoms with Crippen LogP contribution in [0.15, 0.2) is 48.8 Å². The summed E-state index contributed by atoms with van der Waals surface area (Å²) in [6.45, 7) is 0. The fourth-order valence-corrected chi connectivity index (χ4v) is 1.89. The second kappa shape index (κ2) is 3.86. The van der Waals surface area contributed by atoms with E-state index in [-0.39, 0.29) is 5.82 Å². The van der Waals surface area contributed by atoms with E-state index in [0.717, 1.165) is 16.9 Å². The lowest BCUT2D eigenvalue weighted by molar-refractivity contribution is 0.628. The lowest BCUT2D eigenvalue weighted by atomic mass is 10.2. The third-order valence-electron chi connectivity index (χ3n) is 2.55. The Bertz CT molecular complexity index is 673. The van der Waals surface area contributed by atoms with Gasteiger partial charge in [0.1, 0.15) is 11.5 Å². The molecule has 0 unspecified atom stereocenters. The van der Waals surface area contributed by atoms with E-state index in [9.17, 15) is 4.39 Å². The first-order chi connectivity index (χ1) is 8.22. The van der Waals surface area contributed by atoms with Crippen LogP contribution in [0, 0.1) is 5.82 Å². The molecular weight excluding hydrogens is 239 g/mol. The Balaban J connectivity index is 2.14. The molecule has 0 aliphatic rings. The largest absolute Gasteiger partial charge is 0.305 e. The summed E-state index contributed by atoms with van der Waals surface area (Å²) >= 11 is 5.90. The van der Waals surface area contributed by atoms with Crippen LogP contribution >= 0.6 is 11.6 Å². The maximum absolute atomic E-state index is 12.8. The molecule has 3 rings (SSSR count). The van der Waals surface area contributed by atoms with E-state index in [1.54, 1.807) is 24.4 Å². The molecule has 1 aromatic carbocycles. The molecule has 3 aromatic rings. The van der Waals surface area contributed by atoms with Crippen LogP contribution in [0.2, 0.25) is 5.02 Å². The Labute approximate surface area is 102 Å². The van der Waals surface area contributed by atoms with Crippen molar-refractivity contribution in [1.82, 2.24) is 9.38 Å². The Morgan fingerprint density at radius 1 is 1.00 bits per heavy atom. The highest BCUT2D eigenvalue weighted by Crippen LogP contribution is 2.20. The molecule has 0 radical (unpaired) electrons. The molecule has 84 valence electrons. The molecule has 2 heterocycles. The zero-order valence-corrected chi connectivity index (χ0v) is 9.53. The predicted molar refractivity (Wildman–Crippen MR) is 65.6 cm³/mol. The summed E-state index contributed by atoms with van der Waals surface area (Å²) in [5, 5.41) is 0.653. The highest BCUT2D eigenvalue weighted by atomic mass is 35.5. The summed E-state index contributed by atoms with van der Waals surface area (Å²) in [6, 6.07) is 9.89. The second-order valence-corrected chi connectivity index (χ2v) is 4.18. The second-order valence-electron chi connectivity index (χ2n) is 3.75. The van der Waals surface area contributed by atoms with Crippen LogP contribution in [-0.4, -0.2) is 9.38 Å². The van der Waals surface area contributed by atoms with Crippen molar-refractivity contribution in [2.75, 3.05) is 0 Å². The summed E-state index contributed by atoms with van der Waals surface area (Å²) < 4.78 is 14.7. The van der Waals surface area contributed by atoms with Crippen molar-refractivity contribution in [3.05, 3.63) is 59.6 Å². The molecule has 0 amide bonds. The highest BCUT2D eigenvalue weighted by Gasteiger charge is 2.04. The van der Waals surface area contributed by atoms with Crippen LogP contribution in [-0.2, 0) is 0 Å². The lowest BCUT2D eigenvalue weighted by Crippen LogP contribution is -1.79. The zero-order valence-electron chi connectivity index (χ0n) is 8.77. The van der Waals surface area contributed by atoms with Gasteiger partial charge in [-0.3, -0.25) is 0 Å². The van der Waals surface area contributed by atoms with E-state index in [2.05, 4.69) is 4.98 Å². The number of pyridine rings is 1. The van der Waals surface area contributed by atoms with Crippen molar-refractivity contribution >= 4 is 17.2 Å². The van der Waals surface area contributed by atoms with Gasteiger partial charge in [-0.1, -0.05) is 11.6 Å². The summed E-state index contributed by atoms with van der Waals surface area (Å²) in [5.74, 6) is -0.249. The molecule has 0 fully saturated rings. The van der Waals surface area contributed by atoms with Crippen LogP contribution in [0.4, 0.5) is 4.39 Å². The van der Waals surface area contributed by atoms with Crippen molar-refractivity contribution in [2.45, 2.75) is 0 Å². The number of fused-ring (bicyclic) bond motifs is 1. The fourth-order valence-electron chi connectivity index (χ4n) is 1.72. The first-order valence-corrected chi connectivity index (χ1v) is 5.50. The first-order valence-electron chi connectivity index (χ1n) is 5.12. The van der Waals surface area contributed by atoms with Crippen molar-refractivity contribution in [3.8, 4) is 11.3 Å². The van der Waals surface area contributed by atoms with Gasteiger partial charge >= 0.3 is 0 Å². The quantitative estimate of drug-likeness (QED) is 0.639. The molecule has 0 bridgehead atoms. The first kappa shape index (κ1) is 10.3. The van der Waals surface area contributed by atoms with Crippen LogP contribution in [0.5, 0.6) is 0 Å². The fraction of sp³-hybridized carbons (Fsp3) is 0. The van der Waals surface area contributed by atoms with Gasteiger partial charge in [0.2, 0.25) is 0 Å². The summed E-state index contributed by atoms with van der Waals surface area (Å²) in [7, 11) is 0. The topological polar surface area (TPSA) is 17.3 Å². The van der Waals surface area contributed by atoms with Gasteiger partial charge in [-0.05, 0) is 36.4 Å². The minimum atomic E-state index is -0.249. The molecule has 2 nitrogen and oxygen atoms in total. The lowest BCUT2D eigenvalue weighted by Gasteiger charge is -1.94. The summed E-state index contributed by atoms with van der Waals surface area (Å²) in [4.78, 5) is 4.44. The minimum Gasteiger partial charge on any atom is -0.305 e. The average Bonchev–Trinajstić information content (AvgIpc) is 2.72. The summed E-state index contributed by atoms with van der Waals surface area (Å²) in [5.41, 5.74) is 2.49. The number of nitrogens with zero attached hydrogens (tertiary/aromatic N) is 2. The van der Waals surface area contributed by atoms with Gasteiger partial charge in [0.25, 0.3) is 0 Å². The molecule has 0 saturated carbocycles. The smallest absolute Gasteiger partial charge is 0.137 e. The number of aromatic nitrogens is 2. The third kappa shape index (κ3) is 1.89. The van der Waals surface area contributed by atoms with Crippen LogP contribution in [0.25, 0.3) is 16.9 Å². The van der Waals surface area contributed by atoms with Crippen molar-refractivity contribution in [2.24, 2.45) is 0 Å². The Morgan fingerprint density at radius 2 is 1.76 bits per heavy atom. The Kier molecular flexibility index (Phi) is 2.34. The highest BCUT2D eigenvalue weighted by molar-refractivity contribution is 6.30. The van der Waals surface area contributed by atoms with Crippen LogP contribution in [0.1, 0.15) is 0 Å². The maximum Gasteiger partial charge on any atom is 0.137 e. The van der Waals surface area contributed by atoms with E-state index >= 15 is 0 Å². The average molecular weight is 247 g/mol. The van der Waals surface area contributed by atoms with Crippen molar-refractivity contribution < 1.29 is 4.39 Å². The molecule has 0 saturated heterocycles. The van der Waals surface area contributed by atoms with Gasteiger partial charge in [0.15, 0.2) is 0 Å².